The summed E-state index contributed by atoms with van der Waals surface area (Å²) in [6.07, 6.45) is 0. The molecule has 132 valence electrons. The van der Waals surface area contributed by atoms with Crippen molar-refractivity contribution >= 4 is 17.7 Å². The van der Waals surface area contributed by atoms with Gasteiger partial charge in [0.05, 0.1) is 12.5 Å². The number of hydrogen-bond donors (Lipinski definition) is 2. The molecule has 1 heterocycles. The molecule has 0 spiro atoms. The van der Waals surface area contributed by atoms with E-state index < -0.39 is 12.0 Å². The van der Waals surface area contributed by atoms with Crippen LogP contribution in [0.15, 0.2) is 42.5 Å². The summed E-state index contributed by atoms with van der Waals surface area (Å²) < 4.78 is 24.4. The molecule has 0 amide bonds. The summed E-state index contributed by atoms with van der Waals surface area (Å²) >= 11 is 1.51. The van der Waals surface area contributed by atoms with Crippen molar-refractivity contribution in [3.05, 3.63) is 59.4 Å². The second kappa shape index (κ2) is 7.76. The number of benzene rings is 2. The Bertz CT molecular complexity index is 753. The Labute approximate surface area is 149 Å². The van der Waals surface area contributed by atoms with Gasteiger partial charge in [-0.1, -0.05) is 24.3 Å². The molecule has 0 aliphatic carbocycles. The number of carboxylic acid groups (broad SMARTS) is 1. The molecule has 1 fully saturated rings. The van der Waals surface area contributed by atoms with Crippen LogP contribution in [0.25, 0.3) is 0 Å². The first-order valence-electron chi connectivity index (χ1n) is 7.73. The molecule has 7 heteroatoms. The number of ether oxygens (including phenoxy) is 2. The molecule has 2 atom stereocenters. The molecule has 2 aromatic carbocycles. The number of nitrogens with one attached hydrogen (secondary N) is 1. The fourth-order valence-electron chi connectivity index (χ4n) is 2.58. The van der Waals surface area contributed by atoms with E-state index in [0.29, 0.717) is 17.3 Å². The van der Waals surface area contributed by atoms with Gasteiger partial charge in [-0.3, -0.25) is 10.1 Å². The van der Waals surface area contributed by atoms with Gasteiger partial charge < -0.3 is 14.6 Å². The Hall–Kier alpha value is -2.25. The zero-order valence-corrected chi connectivity index (χ0v) is 14.4. The molecule has 0 radical (unpaired) electrons. The smallest absolute Gasteiger partial charge is 0.321 e. The van der Waals surface area contributed by atoms with E-state index in [9.17, 15) is 9.18 Å². The molecule has 0 saturated carbocycles. The molecule has 5 nitrogen and oxygen atoms in total. The van der Waals surface area contributed by atoms with Crippen molar-refractivity contribution in [3.8, 4) is 11.5 Å². The van der Waals surface area contributed by atoms with Gasteiger partial charge in [-0.25, -0.2) is 4.39 Å². The average molecular weight is 363 g/mol. The van der Waals surface area contributed by atoms with Crippen LogP contribution in [-0.2, 0) is 11.4 Å². The average Bonchev–Trinajstić information content (AvgIpc) is 3.11. The Morgan fingerprint density at radius 2 is 2.08 bits per heavy atom. The zero-order chi connectivity index (χ0) is 17.8. The summed E-state index contributed by atoms with van der Waals surface area (Å²) in [5.74, 6) is 0.444. The number of aliphatic carboxylic acids is 1. The van der Waals surface area contributed by atoms with Crippen LogP contribution in [0, 0.1) is 5.82 Å². The predicted molar refractivity (Wildman–Crippen MR) is 93.5 cm³/mol. The van der Waals surface area contributed by atoms with Gasteiger partial charge in [-0.05, 0) is 23.8 Å². The summed E-state index contributed by atoms with van der Waals surface area (Å²) in [6, 6.07) is 11.0. The normalized spacial score (nSPS) is 19.6. The number of rotatable bonds is 6. The molecule has 2 N–H and O–H groups in total. The topological polar surface area (TPSA) is 67.8 Å². The maximum Gasteiger partial charge on any atom is 0.321 e. The molecular weight excluding hydrogens is 345 g/mol. The van der Waals surface area contributed by atoms with Crippen molar-refractivity contribution in [1.29, 1.82) is 0 Å². The molecule has 1 aliphatic heterocycles. The summed E-state index contributed by atoms with van der Waals surface area (Å²) in [4.78, 5) is 11.2. The fraction of sp³-hybridized carbons (Fsp3) is 0.278. The van der Waals surface area contributed by atoms with E-state index in [0.717, 1.165) is 11.1 Å². The molecule has 2 aromatic rings. The lowest BCUT2D eigenvalue weighted by Crippen LogP contribution is -2.33. The minimum Gasteiger partial charge on any atom is -0.493 e. The molecule has 2 unspecified atom stereocenters. The molecule has 1 saturated heterocycles. The van der Waals surface area contributed by atoms with E-state index in [1.165, 1.54) is 23.9 Å². The molecule has 3 rings (SSSR count). The molecular formula is C18H18FNO4S. The van der Waals surface area contributed by atoms with E-state index >= 15 is 0 Å². The first-order chi connectivity index (χ1) is 12.1. The Morgan fingerprint density at radius 3 is 2.72 bits per heavy atom. The van der Waals surface area contributed by atoms with Crippen LogP contribution in [-0.4, -0.2) is 30.0 Å². The Balaban J connectivity index is 1.82. The minimum atomic E-state index is -0.869. The van der Waals surface area contributed by atoms with Gasteiger partial charge in [0.2, 0.25) is 0 Å². The maximum atomic E-state index is 13.0. The SMILES string of the molecule is COc1cccc(C2NC(C(=O)O)CS2)c1OCc1ccc(F)cc1. The Kier molecular flexibility index (Phi) is 5.45. The maximum absolute atomic E-state index is 13.0. The number of carboxylic acids is 1. The van der Waals surface area contributed by atoms with Gasteiger partial charge >= 0.3 is 5.97 Å². The first kappa shape index (κ1) is 17.6. The highest BCUT2D eigenvalue weighted by Gasteiger charge is 2.32. The standard InChI is InChI=1S/C18H18FNO4S/c1-23-15-4-2-3-13(17-20-14(10-25-17)18(21)22)16(15)24-9-11-5-7-12(19)8-6-11/h2-8,14,17,20H,9-10H2,1H3,(H,21,22). The highest BCUT2D eigenvalue weighted by atomic mass is 32.2. The fourth-order valence-corrected chi connectivity index (χ4v) is 3.83. The van der Waals surface area contributed by atoms with Crippen LogP contribution in [0.4, 0.5) is 4.39 Å². The van der Waals surface area contributed by atoms with Crippen LogP contribution >= 0.6 is 11.8 Å². The first-order valence-corrected chi connectivity index (χ1v) is 8.78. The third-order valence-corrected chi connectivity index (χ3v) is 5.14. The summed E-state index contributed by atoms with van der Waals surface area (Å²) in [5, 5.41) is 12.0. The summed E-state index contributed by atoms with van der Waals surface area (Å²) in [6.45, 7) is 0.257. The highest BCUT2D eigenvalue weighted by Crippen LogP contribution is 2.42. The van der Waals surface area contributed by atoms with Gasteiger partial charge in [0.1, 0.15) is 18.5 Å². The van der Waals surface area contributed by atoms with Crippen molar-refractivity contribution in [3.63, 3.8) is 0 Å². The number of halogens is 1. The van der Waals surface area contributed by atoms with E-state index in [1.54, 1.807) is 25.3 Å². The number of methoxy groups -OCH3 is 1. The molecule has 0 aromatic heterocycles. The molecule has 25 heavy (non-hydrogen) atoms. The Morgan fingerprint density at radius 1 is 1.32 bits per heavy atom. The molecule has 1 aliphatic rings. The summed E-state index contributed by atoms with van der Waals surface area (Å²) in [7, 11) is 1.55. The largest absolute Gasteiger partial charge is 0.493 e. The second-order valence-corrected chi connectivity index (χ2v) is 6.70. The number of thioether (sulfide) groups is 1. The van der Waals surface area contributed by atoms with Crippen molar-refractivity contribution in [2.75, 3.05) is 12.9 Å². The van der Waals surface area contributed by atoms with Gasteiger partial charge in [-0.2, -0.15) is 0 Å². The lowest BCUT2D eigenvalue weighted by molar-refractivity contribution is -0.138. The van der Waals surface area contributed by atoms with Crippen LogP contribution in [0.5, 0.6) is 11.5 Å². The van der Waals surface area contributed by atoms with Gasteiger partial charge in [-0.15, -0.1) is 11.8 Å². The number of hydrogen-bond acceptors (Lipinski definition) is 5. The minimum absolute atomic E-state index is 0.195. The third kappa shape index (κ3) is 4.05. The predicted octanol–water partition coefficient (Wildman–Crippen LogP) is 3.20. The van der Waals surface area contributed by atoms with E-state index in [1.807, 2.05) is 12.1 Å². The van der Waals surface area contributed by atoms with E-state index in [-0.39, 0.29) is 17.8 Å². The van der Waals surface area contributed by atoms with Crippen LogP contribution in [0.3, 0.4) is 0 Å². The third-order valence-electron chi connectivity index (χ3n) is 3.89. The molecule has 0 bridgehead atoms. The lowest BCUT2D eigenvalue weighted by Gasteiger charge is -2.19. The monoisotopic (exact) mass is 363 g/mol. The van der Waals surface area contributed by atoms with Crippen LogP contribution < -0.4 is 14.8 Å². The van der Waals surface area contributed by atoms with Crippen molar-refractivity contribution in [2.24, 2.45) is 0 Å². The quantitative estimate of drug-likeness (QED) is 0.822. The second-order valence-electron chi connectivity index (χ2n) is 5.56. The van der Waals surface area contributed by atoms with Crippen molar-refractivity contribution < 1.29 is 23.8 Å². The highest BCUT2D eigenvalue weighted by molar-refractivity contribution is 7.99. The van der Waals surface area contributed by atoms with Crippen LogP contribution in [0.2, 0.25) is 0 Å². The van der Waals surface area contributed by atoms with Crippen molar-refractivity contribution in [1.82, 2.24) is 5.32 Å². The van der Waals surface area contributed by atoms with E-state index in [4.69, 9.17) is 14.6 Å². The van der Waals surface area contributed by atoms with Crippen LogP contribution in [0.1, 0.15) is 16.5 Å². The van der Waals surface area contributed by atoms with Crippen molar-refractivity contribution in [2.45, 2.75) is 18.0 Å². The number of para-hydroxylation sites is 1. The number of carbonyl (C=O) groups is 1. The summed E-state index contributed by atoms with van der Waals surface area (Å²) in [5.41, 5.74) is 1.66. The zero-order valence-electron chi connectivity index (χ0n) is 13.6. The van der Waals surface area contributed by atoms with Gasteiger partial charge in [0.15, 0.2) is 11.5 Å². The lowest BCUT2D eigenvalue weighted by atomic mass is 10.1. The van der Waals surface area contributed by atoms with E-state index in [2.05, 4.69) is 5.32 Å². The van der Waals surface area contributed by atoms with Gasteiger partial charge in [0.25, 0.3) is 0 Å². The van der Waals surface area contributed by atoms with Gasteiger partial charge in [0, 0.05) is 11.3 Å².